The Labute approximate surface area is 142 Å². The highest BCUT2D eigenvalue weighted by molar-refractivity contribution is 6.17. The highest BCUT2D eigenvalue weighted by atomic mass is 19.1. The number of rotatable bonds is 6. The first-order valence-corrected chi connectivity index (χ1v) is 7.70. The molecule has 2 N–H and O–H groups in total. The Hall–Kier alpha value is -3.07. The standard InChI is InChI=1S/C16H16FN5O3/c1-2-10-9-22(20-19-10)11-3-4-13(12(17)7-11)18-14-8-15(24)21(5-6-23)16(14)25/h3-4,7-9,18,23H,2,5-6H2,1H3. The van der Waals surface area contributed by atoms with Crippen LogP contribution in [-0.2, 0) is 16.0 Å². The van der Waals surface area contributed by atoms with E-state index in [4.69, 9.17) is 5.11 Å². The van der Waals surface area contributed by atoms with Crippen molar-refractivity contribution in [3.8, 4) is 5.69 Å². The molecule has 2 amide bonds. The number of aromatic nitrogens is 3. The molecule has 0 aliphatic carbocycles. The van der Waals surface area contributed by atoms with Crippen molar-refractivity contribution in [2.45, 2.75) is 13.3 Å². The molecule has 0 bridgehead atoms. The molecule has 0 radical (unpaired) electrons. The van der Waals surface area contributed by atoms with Crippen molar-refractivity contribution < 1.29 is 19.1 Å². The van der Waals surface area contributed by atoms with Crippen LogP contribution in [0.5, 0.6) is 0 Å². The molecule has 2 heterocycles. The number of carbonyl (C=O) groups is 2. The molecule has 0 atom stereocenters. The van der Waals surface area contributed by atoms with Gasteiger partial charge in [0.2, 0.25) is 0 Å². The predicted molar refractivity (Wildman–Crippen MR) is 86.2 cm³/mol. The van der Waals surface area contributed by atoms with E-state index >= 15 is 0 Å². The summed E-state index contributed by atoms with van der Waals surface area (Å²) in [5, 5.41) is 19.4. The lowest BCUT2D eigenvalue weighted by Crippen LogP contribution is -2.34. The number of carbonyl (C=O) groups excluding carboxylic acids is 2. The van der Waals surface area contributed by atoms with E-state index in [1.807, 2.05) is 6.92 Å². The molecule has 25 heavy (non-hydrogen) atoms. The quantitative estimate of drug-likeness (QED) is 0.745. The van der Waals surface area contributed by atoms with Crippen molar-refractivity contribution in [1.29, 1.82) is 0 Å². The van der Waals surface area contributed by atoms with Crippen LogP contribution in [0.2, 0.25) is 0 Å². The Balaban J connectivity index is 1.79. The summed E-state index contributed by atoms with van der Waals surface area (Å²) in [6.45, 7) is 1.50. The second kappa shape index (κ2) is 6.81. The zero-order valence-corrected chi connectivity index (χ0v) is 13.4. The van der Waals surface area contributed by atoms with Crippen LogP contribution in [0.4, 0.5) is 10.1 Å². The predicted octanol–water partition coefficient (Wildman–Crippen LogP) is 0.626. The van der Waals surface area contributed by atoms with E-state index < -0.39 is 17.6 Å². The number of hydrogen-bond donors (Lipinski definition) is 2. The van der Waals surface area contributed by atoms with E-state index in [2.05, 4.69) is 15.6 Å². The monoisotopic (exact) mass is 345 g/mol. The van der Waals surface area contributed by atoms with Gasteiger partial charge in [-0.05, 0) is 18.6 Å². The lowest BCUT2D eigenvalue weighted by atomic mass is 10.2. The smallest absolute Gasteiger partial charge is 0.277 e. The molecule has 0 saturated carbocycles. The summed E-state index contributed by atoms with van der Waals surface area (Å²) in [7, 11) is 0. The number of nitrogens with one attached hydrogen (secondary N) is 1. The average Bonchev–Trinajstić information content (AvgIpc) is 3.17. The number of hydrogen-bond acceptors (Lipinski definition) is 6. The molecule has 2 aromatic rings. The van der Waals surface area contributed by atoms with Crippen molar-refractivity contribution in [2.75, 3.05) is 18.5 Å². The molecule has 0 spiro atoms. The molecule has 1 aromatic carbocycles. The molecule has 1 aliphatic heterocycles. The Morgan fingerprint density at radius 1 is 1.32 bits per heavy atom. The number of anilines is 1. The number of aliphatic hydroxyl groups is 1. The Morgan fingerprint density at radius 2 is 2.12 bits per heavy atom. The maximum absolute atomic E-state index is 14.3. The van der Waals surface area contributed by atoms with Gasteiger partial charge in [0, 0.05) is 12.1 Å². The lowest BCUT2D eigenvalue weighted by molar-refractivity contribution is -0.137. The maximum Gasteiger partial charge on any atom is 0.277 e. The average molecular weight is 345 g/mol. The fourth-order valence-corrected chi connectivity index (χ4v) is 2.39. The summed E-state index contributed by atoms with van der Waals surface area (Å²) in [5.74, 6) is -1.76. The van der Waals surface area contributed by atoms with E-state index in [-0.39, 0.29) is 24.5 Å². The molecule has 0 unspecified atom stereocenters. The van der Waals surface area contributed by atoms with Gasteiger partial charge in [-0.3, -0.25) is 14.5 Å². The van der Waals surface area contributed by atoms with Crippen LogP contribution in [0.1, 0.15) is 12.6 Å². The minimum Gasteiger partial charge on any atom is -0.395 e. The van der Waals surface area contributed by atoms with Crippen LogP contribution in [0.15, 0.2) is 36.2 Å². The maximum atomic E-state index is 14.3. The molecule has 1 aliphatic rings. The van der Waals surface area contributed by atoms with Gasteiger partial charge >= 0.3 is 0 Å². The van der Waals surface area contributed by atoms with Gasteiger partial charge in [-0.15, -0.1) is 5.10 Å². The number of benzene rings is 1. The van der Waals surface area contributed by atoms with Crippen molar-refractivity contribution in [1.82, 2.24) is 19.9 Å². The summed E-state index contributed by atoms with van der Waals surface area (Å²) in [4.78, 5) is 24.6. The van der Waals surface area contributed by atoms with E-state index in [1.54, 1.807) is 12.3 Å². The SMILES string of the molecule is CCc1cn(-c2ccc(NC3=CC(=O)N(CCO)C3=O)c(F)c2)nn1. The van der Waals surface area contributed by atoms with Gasteiger partial charge in [0.05, 0.1) is 36.4 Å². The van der Waals surface area contributed by atoms with Gasteiger partial charge in [-0.2, -0.15) is 0 Å². The van der Waals surface area contributed by atoms with E-state index in [0.29, 0.717) is 5.69 Å². The number of β-amino-alcohol motifs (C(OH)–C–C–N with tert-alkyl or cyclic N) is 1. The third kappa shape index (κ3) is 3.26. The van der Waals surface area contributed by atoms with Gasteiger partial charge in [0.25, 0.3) is 11.8 Å². The van der Waals surface area contributed by atoms with Crippen LogP contribution in [0, 0.1) is 5.82 Å². The van der Waals surface area contributed by atoms with Gasteiger partial charge in [-0.25, -0.2) is 9.07 Å². The van der Waals surface area contributed by atoms with E-state index in [9.17, 15) is 14.0 Å². The highest BCUT2D eigenvalue weighted by Gasteiger charge is 2.31. The van der Waals surface area contributed by atoms with Gasteiger partial charge < -0.3 is 10.4 Å². The number of aryl methyl sites for hydroxylation is 1. The minimum absolute atomic E-state index is 0.0425. The van der Waals surface area contributed by atoms with Crippen LogP contribution >= 0.6 is 0 Å². The van der Waals surface area contributed by atoms with Crippen molar-refractivity contribution in [3.63, 3.8) is 0 Å². The molecule has 0 fully saturated rings. The fraction of sp³-hybridized carbons (Fsp3) is 0.250. The van der Waals surface area contributed by atoms with Crippen LogP contribution < -0.4 is 5.32 Å². The van der Waals surface area contributed by atoms with Crippen molar-refractivity contribution >= 4 is 17.5 Å². The normalized spacial score (nSPS) is 14.2. The van der Waals surface area contributed by atoms with E-state index in [0.717, 1.165) is 23.1 Å². The first-order valence-electron chi connectivity index (χ1n) is 7.70. The topological polar surface area (TPSA) is 100 Å². The molecule has 0 saturated heterocycles. The lowest BCUT2D eigenvalue weighted by Gasteiger charge is -2.14. The van der Waals surface area contributed by atoms with Crippen LogP contribution in [0.3, 0.4) is 0 Å². The van der Waals surface area contributed by atoms with Crippen molar-refractivity contribution in [3.05, 3.63) is 47.7 Å². The molecule has 130 valence electrons. The van der Waals surface area contributed by atoms with Gasteiger partial charge in [0.15, 0.2) is 0 Å². The second-order valence-corrected chi connectivity index (χ2v) is 5.37. The summed E-state index contributed by atoms with van der Waals surface area (Å²) < 4.78 is 15.8. The molecule has 1 aromatic heterocycles. The second-order valence-electron chi connectivity index (χ2n) is 5.37. The number of nitrogens with zero attached hydrogens (tertiary/aromatic N) is 4. The first kappa shape index (κ1) is 16.8. The minimum atomic E-state index is -0.605. The van der Waals surface area contributed by atoms with Crippen LogP contribution in [-0.4, -0.2) is 50.0 Å². The van der Waals surface area contributed by atoms with Crippen molar-refractivity contribution in [2.24, 2.45) is 0 Å². The Kier molecular flexibility index (Phi) is 4.57. The molecule has 8 nitrogen and oxygen atoms in total. The van der Waals surface area contributed by atoms with Gasteiger partial charge in [0.1, 0.15) is 11.5 Å². The fourth-order valence-electron chi connectivity index (χ4n) is 2.39. The number of aliphatic hydroxyl groups excluding tert-OH is 1. The first-order chi connectivity index (χ1) is 12.0. The summed E-state index contributed by atoms with van der Waals surface area (Å²) in [5.41, 5.74) is 1.28. The summed E-state index contributed by atoms with van der Waals surface area (Å²) in [6, 6.07) is 4.32. The Morgan fingerprint density at radius 3 is 2.76 bits per heavy atom. The highest BCUT2D eigenvalue weighted by Crippen LogP contribution is 2.22. The Bertz CT molecular complexity index is 861. The summed E-state index contributed by atoms with van der Waals surface area (Å²) >= 11 is 0. The van der Waals surface area contributed by atoms with Crippen LogP contribution in [0.25, 0.3) is 5.69 Å². The molecule has 3 rings (SSSR count). The van der Waals surface area contributed by atoms with E-state index in [1.165, 1.54) is 16.8 Å². The number of amides is 2. The molecular formula is C16H16FN5O3. The number of imide groups is 1. The number of halogens is 1. The third-order valence-electron chi connectivity index (χ3n) is 3.72. The summed E-state index contributed by atoms with van der Waals surface area (Å²) in [6.07, 6.45) is 3.50. The zero-order valence-electron chi connectivity index (χ0n) is 13.4. The largest absolute Gasteiger partial charge is 0.395 e. The molecule has 9 heteroatoms. The van der Waals surface area contributed by atoms with Gasteiger partial charge in [-0.1, -0.05) is 12.1 Å². The zero-order chi connectivity index (χ0) is 18.0. The molecular weight excluding hydrogens is 329 g/mol. The third-order valence-corrected chi connectivity index (χ3v) is 3.72.